The average molecular weight is 378 g/mol. The van der Waals surface area contributed by atoms with Gasteiger partial charge in [-0.25, -0.2) is 8.78 Å². The lowest BCUT2D eigenvalue weighted by Gasteiger charge is -2.36. The quantitative estimate of drug-likeness (QED) is 0.850. The fourth-order valence-corrected chi connectivity index (χ4v) is 5.21. The second-order valence-electron chi connectivity index (χ2n) is 8.50. The number of alkyl halides is 2. The molecule has 3 aliphatic rings. The summed E-state index contributed by atoms with van der Waals surface area (Å²) in [5, 5.41) is 15.0. The molecule has 1 aromatic rings. The number of likely N-dealkylation sites (tertiary alicyclic amines) is 1. The number of benzene rings is 1. The first-order chi connectivity index (χ1) is 12.9. The molecule has 2 aliphatic heterocycles. The zero-order chi connectivity index (χ0) is 19.1. The maximum absolute atomic E-state index is 13.9. The molecule has 1 saturated carbocycles. The molecule has 1 aliphatic carbocycles. The van der Waals surface area contributed by atoms with Crippen molar-refractivity contribution in [2.45, 2.75) is 43.6 Å². The number of fused-ring (bicyclic) bond motifs is 1. The second kappa shape index (κ2) is 7.13. The van der Waals surface area contributed by atoms with Gasteiger partial charge in [0.25, 0.3) is 5.91 Å². The van der Waals surface area contributed by atoms with Crippen LogP contribution in [0, 0.1) is 17.8 Å². The lowest BCUT2D eigenvalue weighted by atomic mass is 9.79. The van der Waals surface area contributed by atoms with E-state index < -0.39 is 29.8 Å². The van der Waals surface area contributed by atoms with Crippen molar-refractivity contribution in [3.8, 4) is 0 Å². The maximum atomic E-state index is 13.9. The number of halogens is 2. The van der Waals surface area contributed by atoms with Crippen molar-refractivity contribution in [3.05, 3.63) is 35.9 Å². The Morgan fingerprint density at radius 2 is 1.93 bits per heavy atom. The van der Waals surface area contributed by atoms with Crippen LogP contribution in [0.1, 0.15) is 37.7 Å². The molecule has 1 aromatic carbocycles. The van der Waals surface area contributed by atoms with E-state index in [9.17, 15) is 18.7 Å². The Balaban J connectivity index is 1.62. The lowest BCUT2D eigenvalue weighted by Crippen LogP contribution is -2.50. The standard InChI is InChI=1S/C21H28F2N2O2/c22-20(23)9-8-18(11-20)21(27,17-6-2-1-3-7-17)19(26)25-13-15-5-4-10-24-12-16(15)14-25/h1-3,6-7,15-16,18,24,27H,4-5,8-14H2/t15-,16+,18-,21+/m1/s1. The summed E-state index contributed by atoms with van der Waals surface area (Å²) < 4.78 is 27.8. The van der Waals surface area contributed by atoms with E-state index in [0.717, 1.165) is 25.9 Å². The van der Waals surface area contributed by atoms with E-state index in [1.165, 1.54) is 0 Å². The fraction of sp³-hybridized carbons (Fsp3) is 0.667. The number of hydrogen-bond acceptors (Lipinski definition) is 3. The minimum Gasteiger partial charge on any atom is -0.375 e. The van der Waals surface area contributed by atoms with Gasteiger partial charge < -0.3 is 15.3 Å². The Labute approximate surface area is 158 Å². The molecule has 6 heteroatoms. The third-order valence-corrected chi connectivity index (χ3v) is 6.73. The van der Waals surface area contributed by atoms with E-state index >= 15 is 0 Å². The lowest BCUT2D eigenvalue weighted by molar-refractivity contribution is -0.159. The molecule has 0 spiro atoms. The molecular weight excluding hydrogens is 350 g/mol. The number of nitrogens with zero attached hydrogens (tertiary/aromatic N) is 1. The highest BCUT2D eigenvalue weighted by molar-refractivity contribution is 5.87. The fourth-order valence-electron chi connectivity index (χ4n) is 5.21. The zero-order valence-electron chi connectivity index (χ0n) is 15.5. The van der Waals surface area contributed by atoms with Gasteiger partial charge in [0, 0.05) is 31.8 Å². The van der Waals surface area contributed by atoms with Crippen molar-refractivity contribution < 1.29 is 18.7 Å². The molecule has 4 atom stereocenters. The molecule has 0 aromatic heterocycles. The summed E-state index contributed by atoms with van der Waals surface area (Å²) in [5.41, 5.74) is -1.44. The van der Waals surface area contributed by atoms with Crippen LogP contribution in [0.5, 0.6) is 0 Å². The van der Waals surface area contributed by atoms with Crippen LogP contribution >= 0.6 is 0 Å². The molecule has 4 rings (SSSR count). The molecule has 0 unspecified atom stereocenters. The van der Waals surface area contributed by atoms with Gasteiger partial charge in [0.15, 0.2) is 5.60 Å². The third-order valence-electron chi connectivity index (χ3n) is 6.73. The first-order valence-electron chi connectivity index (χ1n) is 10.1. The highest BCUT2D eigenvalue weighted by Crippen LogP contribution is 2.48. The molecule has 2 saturated heterocycles. The van der Waals surface area contributed by atoms with E-state index in [4.69, 9.17) is 0 Å². The van der Waals surface area contributed by atoms with Gasteiger partial charge in [-0.05, 0) is 49.8 Å². The van der Waals surface area contributed by atoms with E-state index in [-0.39, 0.29) is 12.8 Å². The summed E-state index contributed by atoms with van der Waals surface area (Å²) in [7, 11) is 0. The summed E-state index contributed by atoms with van der Waals surface area (Å²) in [5.74, 6) is -3.17. The van der Waals surface area contributed by atoms with Crippen molar-refractivity contribution in [3.63, 3.8) is 0 Å². The first-order valence-corrected chi connectivity index (χ1v) is 10.1. The number of rotatable bonds is 3. The Bertz CT molecular complexity index is 670. The molecule has 1 amide bonds. The van der Waals surface area contributed by atoms with Crippen LogP contribution in [-0.2, 0) is 10.4 Å². The molecule has 0 bridgehead atoms. The van der Waals surface area contributed by atoms with Crippen molar-refractivity contribution in [1.29, 1.82) is 0 Å². The molecule has 27 heavy (non-hydrogen) atoms. The van der Waals surface area contributed by atoms with Gasteiger partial charge in [0.2, 0.25) is 5.92 Å². The van der Waals surface area contributed by atoms with Gasteiger partial charge in [-0.1, -0.05) is 30.3 Å². The molecule has 2 heterocycles. The smallest absolute Gasteiger partial charge is 0.259 e. The zero-order valence-corrected chi connectivity index (χ0v) is 15.5. The summed E-state index contributed by atoms with van der Waals surface area (Å²) in [6.07, 6.45) is 1.60. The summed E-state index contributed by atoms with van der Waals surface area (Å²) in [6.45, 7) is 3.09. The van der Waals surface area contributed by atoms with E-state index in [1.807, 2.05) is 0 Å². The maximum Gasteiger partial charge on any atom is 0.259 e. The van der Waals surface area contributed by atoms with Crippen LogP contribution in [0.3, 0.4) is 0 Å². The Morgan fingerprint density at radius 3 is 2.63 bits per heavy atom. The van der Waals surface area contributed by atoms with Crippen molar-refractivity contribution in [2.75, 3.05) is 26.2 Å². The molecule has 148 valence electrons. The molecule has 2 N–H and O–H groups in total. The highest BCUT2D eigenvalue weighted by Gasteiger charge is 2.55. The van der Waals surface area contributed by atoms with Crippen LogP contribution in [0.4, 0.5) is 8.78 Å². The van der Waals surface area contributed by atoms with E-state index in [0.29, 0.717) is 30.5 Å². The summed E-state index contributed by atoms with van der Waals surface area (Å²) >= 11 is 0. The van der Waals surface area contributed by atoms with Crippen LogP contribution in [0.25, 0.3) is 0 Å². The Kier molecular flexibility index (Phi) is 4.97. The second-order valence-corrected chi connectivity index (χ2v) is 8.50. The van der Waals surface area contributed by atoms with Crippen molar-refractivity contribution in [2.24, 2.45) is 17.8 Å². The Morgan fingerprint density at radius 1 is 1.19 bits per heavy atom. The van der Waals surface area contributed by atoms with Crippen LogP contribution in [-0.4, -0.2) is 48.0 Å². The predicted molar refractivity (Wildman–Crippen MR) is 98.3 cm³/mol. The van der Waals surface area contributed by atoms with Crippen LogP contribution in [0.2, 0.25) is 0 Å². The number of nitrogens with one attached hydrogen (secondary N) is 1. The Hall–Kier alpha value is -1.53. The van der Waals surface area contributed by atoms with Gasteiger partial charge in [0.05, 0.1) is 0 Å². The van der Waals surface area contributed by atoms with Gasteiger partial charge in [-0.15, -0.1) is 0 Å². The molecule has 4 nitrogen and oxygen atoms in total. The van der Waals surface area contributed by atoms with Gasteiger partial charge in [-0.2, -0.15) is 0 Å². The predicted octanol–water partition coefficient (Wildman–Crippen LogP) is 2.77. The number of carbonyl (C=O) groups excluding carboxylic acids is 1. The highest BCUT2D eigenvalue weighted by atomic mass is 19.3. The van der Waals surface area contributed by atoms with Crippen LogP contribution < -0.4 is 5.32 Å². The van der Waals surface area contributed by atoms with Gasteiger partial charge >= 0.3 is 0 Å². The number of hydrogen-bond donors (Lipinski definition) is 2. The number of aliphatic hydroxyl groups is 1. The van der Waals surface area contributed by atoms with Crippen molar-refractivity contribution in [1.82, 2.24) is 10.2 Å². The summed E-state index contributed by atoms with van der Waals surface area (Å²) in [4.78, 5) is 15.2. The third kappa shape index (κ3) is 3.49. The number of carbonyl (C=O) groups is 1. The minimum atomic E-state index is -2.81. The summed E-state index contributed by atoms with van der Waals surface area (Å²) in [6, 6.07) is 8.67. The average Bonchev–Trinajstić information content (AvgIpc) is 3.17. The normalized spacial score (nSPS) is 32.6. The molecule has 3 fully saturated rings. The topological polar surface area (TPSA) is 52.6 Å². The van der Waals surface area contributed by atoms with Gasteiger partial charge in [0.1, 0.15) is 0 Å². The van der Waals surface area contributed by atoms with E-state index in [2.05, 4.69) is 5.32 Å². The van der Waals surface area contributed by atoms with Crippen LogP contribution in [0.15, 0.2) is 30.3 Å². The van der Waals surface area contributed by atoms with Crippen molar-refractivity contribution >= 4 is 5.91 Å². The largest absolute Gasteiger partial charge is 0.375 e. The van der Waals surface area contributed by atoms with E-state index in [1.54, 1.807) is 35.2 Å². The minimum absolute atomic E-state index is 0.159. The molecular formula is C21H28F2N2O2. The first kappa shape index (κ1) is 18.8. The molecule has 0 radical (unpaired) electrons. The number of amides is 1. The SMILES string of the molecule is O=C(N1C[C@H]2CCCNC[C@H]2C1)[C@](O)(c1ccccc1)[C@@H]1CCC(F)(F)C1. The monoisotopic (exact) mass is 378 g/mol. The van der Waals surface area contributed by atoms with Gasteiger partial charge in [-0.3, -0.25) is 4.79 Å².